The average Bonchev–Trinajstić information content (AvgIpc) is 2.89. The van der Waals surface area contributed by atoms with E-state index in [-0.39, 0.29) is 6.04 Å². The van der Waals surface area contributed by atoms with E-state index < -0.39 is 0 Å². The molecule has 0 aliphatic rings. The van der Waals surface area contributed by atoms with E-state index in [1.165, 1.54) is 0 Å². The summed E-state index contributed by atoms with van der Waals surface area (Å²) in [6.07, 6.45) is 2.63. The Labute approximate surface area is 91.1 Å². The first-order valence-corrected chi connectivity index (χ1v) is 5.53. The molecule has 0 fully saturated rings. The van der Waals surface area contributed by atoms with Crippen LogP contribution in [0.15, 0.2) is 6.20 Å². The van der Waals surface area contributed by atoms with Crippen molar-refractivity contribution in [3.63, 3.8) is 0 Å². The zero-order valence-corrected chi connectivity index (χ0v) is 9.38. The summed E-state index contributed by atoms with van der Waals surface area (Å²) in [5, 5.41) is 23.5. The highest BCUT2D eigenvalue weighted by Crippen LogP contribution is 2.25. The third-order valence-corrected chi connectivity index (χ3v) is 3.19. The maximum absolute atomic E-state index is 4.14. The summed E-state index contributed by atoms with van der Waals surface area (Å²) < 4.78 is 0. The molecule has 0 bridgehead atoms. The molecule has 2 heterocycles. The highest BCUT2D eigenvalue weighted by Gasteiger charge is 2.14. The van der Waals surface area contributed by atoms with E-state index in [4.69, 9.17) is 0 Å². The fraction of sp³-hybridized carbons (Fsp3) is 0.500. The molecule has 1 atom stereocenters. The molecule has 0 amide bonds. The molecule has 80 valence electrons. The largest absolute Gasteiger partial charge is 0.311 e. The molecule has 0 aliphatic carbocycles. The van der Waals surface area contributed by atoms with Crippen molar-refractivity contribution in [1.29, 1.82) is 0 Å². The Morgan fingerprint density at radius 3 is 3.00 bits per heavy atom. The number of H-pyrrole nitrogens is 1. The summed E-state index contributed by atoms with van der Waals surface area (Å²) in [5.74, 6) is 0. The van der Waals surface area contributed by atoms with Crippen LogP contribution in [0.2, 0.25) is 0 Å². The second-order valence-corrected chi connectivity index (χ2v) is 4.06. The highest BCUT2D eigenvalue weighted by molar-refractivity contribution is 7.14. The molecule has 2 aromatic heterocycles. The number of nitrogens with zero attached hydrogens (tertiary/aromatic N) is 4. The molecule has 0 spiro atoms. The van der Waals surface area contributed by atoms with E-state index in [9.17, 15) is 0 Å². The minimum Gasteiger partial charge on any atom is -0.311 e. The Balaban J connectivity index is 2.24. The van der Waals surface area contributed by atoms with Crippen molar-refractivity contribution in [1.82, 2.24) is 30.9 Å². The molecule has 2 N–H and O–H groups in total. The van der Waals surface area contributed by atoms with Gasteiger partial charge in [-0.25, -0.2) is 0 Å². The molecule has 0 aliphatic heterocycles. The van der Waals surface area contributed by atoms with Crippen LogP contribution >= 0.6 is 11.3 Å². The van der Waals surface area contributed by atoms with Gasteiger partial charge in [-0.2, -0.15) is 15.4 Å². The summed E-state index contributed by atoms with van der Waals surface area (Å²) >= 11 is 1.54. The number of aromatic nitrogens is 5. The van der Waals surface area contributed by atoms with E-state index in [2.05, 4.69) is 37.8 Å². The number of nitrogens with one attached hydrogen (secondary N) is 2. The van der Waals surface area contributed by atoms with Crippen LogP contribution in [0.25, 0.3) is 10.7 Å². The number of hydrogen-bond donors (Lipinski definition) is 2. The molecule has 0 aromatic carbocycles. The van der Waals surface area contributed by atoms with E-state index in [1.807, 2.05) is 7.05 Å². The fourth-order valence-electron chi connectivity index (χ4n) is 1.29. The van der Waals surface area contributed by atoms with Gasteiger partial charge in [0.15, 0.2) is 5.01 Å². The van der Waals surface area contributed by atoms with Gasteiger partial charge in [0.05, 0.1) is 12.2 Å². The molecule has 15 heavy (non-hydrogen) atoms. The Morgan fingerprint density at radius 1 is 1.53 bits per heavy atom. The predicted octanol–water partition coefficient (Wildman–Crippen LogP) is 0.994. The van der Waals surface area contributed by atoms with Crippen molar-refractivity contribution < 1.29 is 0 Å². The van der Waals surface area contributed by atoms with Crippen molar-refractivity contribution >= 4 is 11.3 Å². The molecule has 1 unspecified atom stereocenters. The van der Waals surface area contributed by atoms with Gasteiger partial charge in [0.1, 0.15) is 10.7 Å². The van der Waals surface area contributed by atoms with Gasteiger partial charge in [0.25, 0.3) is 0 Å². The van der Waals surface area contributed by atoms with E-state index in [0.29, 0.717) is 0 Å². The van der Waals surface area contributed by atoms with Crippen molar-refractivity contribution in [2.24, 2.45) is 0 Å². The van der Waals surface area contributed by atoms with E-state index in [0.717, 1.165) is 22.1 Å². The van der Waals surface area contributed by atoms with Crippen LogP contribution in [-0.2, 0) is 0 Å². The quantitative estimate of drug-likeness (QED) is 0.809. The molecular weight excluding hydrogens is 212 g/mol. The fourth-order valence-corrected chi connectivity index (χ4v) is 2.28. The molecule has 2 rings (SSSR count). The topological polar surface area (TPSA) is 79.4 Å². The van der Waals surface area contributed by atoms with Crippen LogP contribution < -0.4 is 5.32 Å². The summed E-state index contributed by atoms with van der Waals surface area (Å²) in [6, 6.07) is 0.267. The number of hydrogen-bond acceptors (Lipinski definition) is 6. The lowest BCUT2D eigenvalue weighted by Crippen LogP contribution is -2.14. The average molecular weight is 224 g/mol. The first-order chi connectivity index (χ1) is 7.35. The summed E-state index contributed by atoms with van der Waals surface area (Å²) in [5.41, 5.74) is 0.740. The summed E-state index contributed by atoms with van der Waals surface area (Å²) in [6.45, 7) is 2.11. The lowest BCUT2D eigenvalue weighted by molar-refractivity contribution is 0.568. The van der Waals surface area contributed by atoms with Gasteiger partial charge in [-0.1, -0.05) is 18.3 Å². The smallest absolute Gasteiger partial charge is 0.169 e. The van der Waals surface area contributed by atoms with Crippen LogP contribution in [0.3, 0.4) is 0 Å². The van der Waals surface area contributed by atoms with Crippen LogP contribution in [0.4, 0.5) is 0 Å². The zero-order chi connectivity index (χ0) is 10.7. The monoisotopic (exact) mass is 224 g/mol. The van der Waals surface area contributed by atoms with Crippen molar-refractivity contribution in [3.05, 3.63) is 11.2 Å². The normalized spacial score (nSPS) is 12.9. The molecular formula is C8H12N6S. The van der Waals surface area contributed by atoms with Crippen molar-refractivity contribution in [3.8, 4) is 10.7 Å². The standard InChI is InChI=1S/C8H12N6S/c1-3-5(9-2)7-12-13-8(15-7)6-4-10-14-11-6/h4-5,9H,3H2,1-2H3,(H,10,11,14). The van der Waals surface area contributed by atoms with Gasteiger partial charge < -0.3 is 5.32 Å². The first-order valence-electron chi connectivity index (χ1n) is 4.72. The van der Waals surface area contributed by atoms with Crippen molar-refractivity contribution in [2.45, 2.75) is 19.4 Å². The lowest BCUT2D eigenvalue weighted by Gasteiger charge is -2.07. The minimum absolute atomic E-state index is 0.267. The molecule has 0 saturated carbocycles. The molecule has 0 saturated heterocycles. The summed E-state index contributed by atoms with van der Waals surface area (Å²) in [4.78, 5) is 0. The second-order valence-electron chi connectivity index (χ2n) is 3.05. The zero-order valence-electron chi connectivity index (χ0n) is 8.56. The van der Waals surface area contributed by atoms with Crippen LogP contribution in [0.5, 0.6) is 0 Å². The molecule has 2 aromatic rings. The Hall–Kier alpha value is -1.34. The van der Waals surface area contributed by atoms with Gasteiger partial charge in [-0.3, -0.25) is 0 Å². The third kappa shape index (κ3) is 2.02. The van der Waals surface area contributed by atoms with Crippen LogP contribution in [-0.4, -0.2) is 32.7 Å². The Morgan fingerprint density at radius 2 is 2.40 bits per heavy atom. The molecule has 7 heteroatoms. The predicted molar refractivity (Wildman–Crippen MR) is 57.4 cm³/mol. The van der Waals surface area contributed by atoms with Gasteiger partial charge in [0.2, 0.25) is 0 Å². The lowest BCUT2D eigenvalue weighted by atomic mass is 10.2. The van der Waals surface area contributed by atoms with Crippen molar-refractivity contribution in [2.75, 3.05) is 7.05 Å². The maximum Gasteiger partial charge on any atom is 0.169 e. The first kappa shape index (κ1) is 10.2. The second kappa shape index (κ2) is 4.45. The number of aromatic amines is 1. The van der Waals surface area contributed by atoms with Gasteiger partial charge >= 0.3 is 0 Å². The highest BCUT2D eigenvalue weighted by atomic mass is 32.1. The van der Waals surface area contributed by atoms with E-state index >= 15 is 0 Å². The van der Waals surface area contributed by atoms with E-state index in [1.54, 1.807) is 17.5 Å². The molecule has 0 radical (unpaired) electrons. The molecule has 6 nitrogen and oxygen atoms in total. The number of rotatable bonds is 4. The van der Waals surface area contributed by atoms with Crippen LogP contribution in [0, 0.1) is 0 Å². The Kier molecular flexibility index (Phi) is 3.02. The van der Waals surface area contributed by atoms with Gasteiger partial charge in [0, 0.05) is 0 Å². The maximum atomic E-state index is 4.14. The minimum atomic E-state index is 0.267. The summed E-state index contributed by atoms with van der Waals surface area (Å²) in [7, 11) is 1.92. The van der Waals surface area contributed by atoms with Gasteiger partial charge in [-0.05, 0) is 13.5 Å². The third-order valence-electron chi connectivity index (χ3n) is 2.13. The van der Waals surface area contributed by atoms with Gasteiger partial charge in [-0.15, -0.1) is 10.2 Å². The SMILES string of the molecule is CCC(NC)c1nnc(-c2cn[nH]n2)s1. The Bertz CT molecular complexity index is 404. The van der Waals surface area contributed by atoms with Crippen LogP contribution in [0.1, 0.15) is 24.4 Å².